The van der Waals surface area contributed by atoms with E-state index in [1.165, 1.54) is 0 Å². The van der Waals surface area contributed by atoms with Crippen molar-refractivity contribution >= 4 is 5.91 Å². The fraction of sp³-hybridized carbons (Fsp3) is 0.562. The molecule has 1 rings (SSSR count). The smallest absolute Gasteiger partial charge is 0.225 e. The van der Waals surface area contributed by atoms with Crippen LogP contribution in [0, 0.1) is 5.92 Å². The van der Waals surface area contributed by atoms with Crippen molar-refractivity contribution in [2.45, 2.75) is 39.7 Å². The Kier molecular flexibility index (Phi) is 5.87. The first-order valence-electron chi connectivity index (χ1n) is 6.91. The van der Waals surface area contributed by atoms with Gasteiger partial charge >= 0.3 is 0 Å². The Balaban J connectivity index is 2.74. The van der Waals surface area contributed by atoms with Gasteiger partial charge in [0.25, 0.3) is 0 Å². The van der Waals surface area contributed by atoms with Gasteiger partial charge in [-0.25, -0.2) is 0 Å². The fourth-order valence-electron chi connectivity index (χ4n) is 2.20. The minimum absolute atomic E-state index is 0.0812. The third-order valence-electron chi connectivity index (χ3n) is 3.67. The molecule has 0 aliphatic carbocycles. The topological polar surface area (TPSA) is 29.5 Å². The van der Waals surface area contributed by atoms with Gasteiger partial charge in [0.1, 0.15) is 5.75 Å². The van der Waals surface area contributed by atoms with Gasteiger partial charge in [0.2, 0.25) is 5.91 Å². The number of carbonyl (C=O) groups is 1. The summed E-state index contributed by atoms with van der Waals surface area (Å²) in [6.07, 6.45) is 1.98. The van der Waals surface area contributed by atoms with E-state index >= 15 is 0 Å². The quantitative estimate of drug-likeness (QED) is 0.784. The van der Waals surface area contributed by atoms with Crippen LogP contribution in [-0.4, -0.2) is 25.0 Å². The first-order chi connectivity index (χ1) is 9.01. The van der Waals surface area contributed by atoms with Crippen molar-refractivity contribution in [3.8, 4) is 5.75 Å². The van der Waals surface area contributed by atoms with Crippen LogP contribution in [0.5, 0.6) is 5.75 Å². The molecule has 0 radical (unpaired) electrons. The SMILES string of the molecule is CCCC(C)C(=O)N(C)C(C)c1ccc(OC)cc1. The van der Waals surface area contributed by atoms with Gasteiger partial charge in [0.05, 0.1) is 13.2 Å². The Morgan fingerprint density at radius 2 is 1.84 bits per heavy atom. The maximum Gasteiger partial charge on any atom is 0.225 e. The maximum atomic E-state index is 12.3. The molecule has 19 heavy (non-hydrogen) atoms. The van der Waals surface area contributed by atoms with Gasteiger partial charge in [-0.1, -0.05) is 32.4 Å². The molecule has 1 amide bonds. The molecule has 106 valence electrons. The summed E-state index contributed by atoms with van der Waals surface area (Å²) in [7, 11) is 3.53. The second-order valence-corrected chi connectivity index (χ2v) is 5.09. The summed E-state index contributed by atoms with van der Waals surface area (Å²) in [6, 6.07) is 7.96. The minimum Gasteiger partial charge on any atom is -0.497 e. The third-order valence-corrected chi connectivity index (χ3v) is 3.67. The van der Waals surface area contributed by atoms with Gasteiger partial charge in [-0.2, -0.15) is 0 Å². The van der Waals surface area contributed by atoms with E-state index in [1.807, 2.05) is 43.1 Å². The molecule has 3 heteroatoms. The molecule has 2 unspecified atom stereocenters. The number of amides is 1. The van der Waals surface area contributed by atoms with Gasteiger partial charge in [-0.05, 0) is 31.0 Å². The standard InChI is InChI=1S/C16H25NO2/c1-6-7-12(2)16(18)17(4)13(3)14-8-10-15(19-5)11-9-14/h8-13H,6-7H2,1-5H3. The van der Waals surface area contributed by atoms with E-state index in [0.717, 1.165) is 24.2 Å². The highest BCUT2D eigenvalue weighted by Gasteiger charge is 2.21. The molecular formula is C16H25NO2. The number of rotatable bonds is 6. The second-order valence-electron chi connectivity index (χ2n) is 5.09. The van der Waals surface area contributed by atoms with Crippen molar-refractivity contribution in [1.29, 1.82) is 0 Å². The third kappa shape index (κ3) is 3.98. The molecule has 0 bridgehead atoms. The summed E-state index contributed by atoms with van der Waals surface area (Å²) in [6.45, 7) is 6.16. The Hall–Kier alpha value is -1.51. The van der Waals surface area contributed by atoms with E-state index in [2.05, 4.69) is 13.8 Å². The van der Waals surface area contributed by atoms with Crippen LogP contribution in [0.25, 0.3) is 0 Å². The van der Waals surface area contributed by atoms with Crippen LogP contribution in [-0.2, 0) is 4.79 Å². The Morgan fingerprint density at radius 1 is 1.26 bits per heavy atom. The molecule has 0 fully saturated rings. The predicted octanol–water partition coefficient (Wildman–Crippen LogP) is 3.65. The molecule has 1 aromatic rings. The van der Waals surface area contributed by atoms with Crippen LogP contribution in [0.15, 0.2) is 24.3 Å². The van der Waals surface area contributed by atoms with Crippen molar-refractivity contribution in [3.63, 3.8) is 0 Å². The Labute approximate surface area is 116 Å². The molecule has 0 saturated carbocycles. The monoisotopic (exact) mass is 263 g/mol. The Bertz CT molecular complexity index is 400. The Morgan fingerprint density at radius 3 is 2.32 bits per heavy atom. The van der Waals surface area contributed by atoms with E-state index < -0.39 is 0 Å². The summed E-state index contributed by atoms with van der Waals surface area (Å²) in [4.78, 5) is 14.1. The summed E-state index contributed by atoms with van der Waals surface area (Å²) in [5.74, 6) is 1.14. The fourth-order valence-corrected chi connectivity index (χ4v) is 2.20. The van der Waals surface area contributed by atoms with Crippen LogP contribution >= 0.6 is 0 Å². The van der Waals surface area contributed by atoms with Gasteiger partial charge in [-0.15, -0.1) is 0 Å². The highest BCUT2D eigenvalue weighted by Crippen LogP contribution is 2.23. The largest absolute Gasteiger partial charge is 0.497 e. The average Bonchev–Trinajstić information content (AvgIpc) is 2.45. The summed E-state index contributed by atoms with van der Waals surface area (Å²) >= 11 is 0. The predicted molar refractivity (Wildman–Crippen MR) is 78.3 cm³/mol. The molecule has 0 aliphatic heterocycles. The normalized spacial score (nSPS) is 13.7. The second kappa shape index (κ2) is 7.17. The zero-order valence-electron chi connectivity index (χ0n) is 12.6. The zero-order valence-corrected chi connectivity index (χ0v) is 12.6. The first-order valence-corrected chi connectivity index (χ1v) is 6.91. The van der Waals surface area contributed by atoms with Crippen molar-refractivity contribution in [1.82, 2.24) is 4.90 Å². The summed E-state index contributed by atoms with van der Waals surface area (Å²) in [5.41, 5.74) is 1.13. The van der Waals surface area contributed by atoms with Gasteiger partial charge in [-0.3, -0.25) is 4.79 Å². The molecule has 0 N–H and O–H groups in total. The lowest BCUT2D eigenvalue weighted by Crippen LogP contribution is -2.33. The molecule has 0 spiro atoms. The molecular weight excluding hydrogens is 238 g/mol. The van der Waals surface area contributed by atoms with Gasteiger partial charge in [0.15, 0.2) is 0 Å². The lowest BCUT2D eigenvalue weighted by atomic mass is 10.0. The number of hydrogen-bond acceptors (Lipinski definition) is 2. The van der Waals surface area contributed by atoms with Gasteiger partial charge in [0, 0.05) is 13.0 Å². The zero-order chi connectivity index (χ0) is 14.4. The van der Waals surface area contributed by atoms with Crippen LogP contribution < -0.4 is 4.74 Å². The minimum atomic E-state index is 0.0812. The average molecular weight is 263 g/mol. The van der Waals surface area contributed by atoms with Crippen molar-refractivity contribution < 1.29 is 9.53 Å². The summed E-state index contributed by atoms with van der Waals surface area (Å²) < 4.78 is 5.15. The number of nitrogens with zero attached hydrogens (tertiary/aromatic N) is 1. The highest BCUT2D eigenvalue weighted by atomic mass is 16.5. The van der Waals surface area contributed by atoms with E-state index in [4.69, 9.17) is 4.74 Å². The van der Waals surface area contributed by atoms with Crippen molar-refractivity contribution in [2.24, 2.45) is 5.92 Å². The molecule has 0 heterocycles. The molecule has 0 saturated heterocycles. The van der Waals surface area contributed by atoms with E-state index in [-0.39, 0.29) is 17.9 Å². The van der Waals surface area contributed by atoms with Crippen molar-refractivity contribution in [2.75, 3.05) is 14.2 Å². The lowest BCUT2D eigenvalue weighted by molar-refractivity contribution is -0.135. The number of benzene rings is 1. The van der Waals surface area contributed by atoms with Crippen LogP contribution in [0.2, 0.25) is 0 Å². The molecule has 1 aromatic carbocycles. The molecule has 3 nitrogen and oxygen atoms in total. The molecule has 0 aromatic heterocycles. The van der Waals surface area contributed by atoms with Crippen LogP contribution in [0.4, 0.5) is 0 Å². The number of hydrogen-bond donors (Lipinski definition) is 0. The van der Waals surface area contributed by atoms with Crippen LogP contribution in [0.1, 0.15) is 45.2 Å². The van der Waals surface area contributed by atoms with E-state index in [0.29, 0.717) is 0 Å². The van der Waals surface area contributed by atoms with Crippen molar-refractivity contribution in [3.05, 3.63) is 29.8 Å². The number of carbonyl (C=O) groups excluding carboxylic acids is 1. The van der Waals surface area contributed by atoms with Crippen LogP contribution in [0.3, 0.4) is 0 Å². The summed E-state index contributed by atoms with van der Waals surface area (Å²) in [5, 5.41) is 0. The number of ether oxygens (including phenoxy) is 1. The number of methoxy groups -OCH3 is 1. The molecule has 2 atom stereocenters. The maximum absolute atomic E-state index is 12.3. The van der Waals surface area contributed by atoms with E-state index in [9.17, 15) is 4.79 Å². The van der Waals surface area contributed by atoms with E-state index in [1.54, 1.807) is 7.11 Å². The highest BCUT2D eigenvalue weighted by molar-refractivity contribution is 5.78. The lowest BCUT2D eigenvalue weighted by Gasteiger charge is -2.28. The van der Waals surface area contributed by atoms with Gasteiger partial charge < -0.3 is 9.64 Å². The first kappa shape index (κ1) is 15.5. The molecule has 0 aliphatic rings.